The fourth-order valence-corrected chi connectivity index (χ4v) is 6.10. The molecule has 0 radical (unpaired) electrons. The Kier molecular flexibility index (Phi) is 7.79. The molecule has 4 rings (SSSR count). The molecule has 166 valence electrons. The molecule has 0 bridgehead atoms. The lowest BCUT2D eigenvalue weighted by molar-refractivity contribution is -0.0105. The molecule has 30 heavy (non-hydrogen) atoms. The third-order valence-corrected chi connectivity index (χ3v) is 7.64. The van der Waals surface area contributed by atoms with Crippen LogP contribution in [0.5, 0.6) is 5.75 Å². The Morgan fingerprint density at radius 1 is 1.20 bits per heavy atom. The highest BCUT2D eigenvalue weighted by Gasteiger charge is 2.40. The van der Waals surface area contributed by atoms with Crippen molar-refractivity contribution in [3.05, 3.63) is 30.3 Å². The SMILES string of the molecule is CCNC(=NCC1(N2CCOCC2)CCSC1)N1CCC(Oc2ccccc2)CC1. The Balaban J connectivity index is 1.36. The summed E-state index contributed by atoms with van der Waals surface area (Å²) in [6.45, 7) is 9.69. The van der Waals surface area contributed by atoms with E-state index in [1.807, 2.05) is 30.3 Å². The van der Waals surface area contributed by atoms with E-state index in [0.717, 1.165) is 77.0 Å². The average molecular weight is 433 g/mol. The molecule has 1 aromatic rings. The summed E-state index contributed by atoms with van der Waals surface area (Å²) in [6, 6.07) is 10.2. The lowest BCUT2D eigenvalue weighted by atomic mass is 9.96. The molecule has 1 aromatic carbocycles. The van der Waals surface area contributed by atoms with Crippen molar-refractivity contribution in [1.82, 2.24) is 15.1 Å². The number of piperidine rings is 1. The maximum atomic E-state index is 6.17. The Hall–Kier alpha value is -1.44. The standard InChI is InChI=1S/C23H36N4O2S/c1-2-24-22(25-18-23(10-17-30-19-23)27-13-15-28-16-14-27)26-11-8-21(9-12-26)29-20-6-4-3-5-7-20/h3-7,21H,2,8-19H2,1H3,(H,24,25). The van der Waals surface area contributed by atoms with Crippen molar-refractivity contribution >= 4 is 17.7 Å². The third kappa shape index (κ3) is 5.42. The molecule has 1 unspecified atom stereocenters. The van der Waals surface area contributed by atoms with Crippen LogP contribution in [0.3, 0.4) is 0 Å². The Morgan fingerprint density at radius 2 is 1.97 bits per heavy atom. The van der Waals surface area contributed by atoms with E-state index in [4.69, 9.17) is 14.5 Å². The van der Waals surface area contributed by atoms with Gasteiger partial charge in [0.15, 0.2) is 5.96 Å². The molecule has 3 aliphatic heterocycles. The zero-order valence-corrected chi connectivity index (χ0v) is 19.0. The maximum absolute atomic E-state index is 6.17. The van der Waals surface area contributed by atoms with Gasteiger partial charge in [-0.3, -0.25) is 9.89 Å². The highest BCUT2D eigenvalue weighted by molar-refractivity contribution is 7.99. The van der Waals surface area contributed by atoms with Gasteiger partial charge >= 0.3 is 0 Å². The van der Waals surface area contributed by atoms with Gasteiger partial charge in [-0.05, 0) is 31.2 Å². The molecule has 3 heterocycles. The van der Waals surface area contributed by atoms with Gasteiger partial charge in [-0.25, -0.2) is 0 Å². The number of hydrogen-bond acceptors (Lipinski definition) is 5. The van der Waals surface area contributed by atoms with E-state index < -0.39 is 0 Å². The summed E-state index contributed by atoms with van der Waals surface area (Å²) < 4.78 is 11.8. The topological polar surface area (TPSA) is 49.3 Å². The van der Waals surface area contributed by atoms with Gasteiger partial charge in [0.1, 0.15) is 11.9 Å². The van der Waals surface area contributed by atoms with Crippen LogP contribution < -0.4 is 10.1 Å². The molecule has 0 amide bonds. The number of rotatable bonds is 6. The average Bonchev–Trinajstić information content (AvgIpc) is 3.29. The lowest BCUT2D eigenvalue weighted by Gasteiger charge is -2.42. The first-order valence-corrected chi connectivity index (χ1v) is 12.6. The van der Waals surface area contributed by atoms with Gasteiger partial charge in [0.25, 0.3) is 0 Å². The number of morpholine rings is 1. The van der Waals surface area contributed by atoms with E-state index in [0.29, 0.717) is 0 Å². The third-order valence-electron chi connectivity index (χ3n) is 6.41. The number of nitrogens with one attached hydrogen (secondary N) is 1. The molecule has 1 N–H and O–H groups in total. The van der Waals surface area contributed by atoms with E-state index in [9.17, 15) is 0 Å². The first-order valence-electron chi connectivity index (χ1n) is 11.4. The summed E-state index contributed by atoms with van der Waals surface area (Å²) in [6.07, 6.45) is 3.58. The number of thioether (sulfide) groups is 1. The van der Waals surface area contributed by atoms with Crippen LogP contribution in [-0.4, -0.2) is 91.4 Å². The molecule has 3 fully saturated rings. The van der Waals surface area contributed by atoms with Gasteiger partial charge in [0.05, 0.1) is 25.3 Å². The summed E-state index contributed by atoms with van der Waals surface area (Å²) in [5.41, 5.74) is 0.198. The van der Waals surface area contributed by atoms with E-state index in [1.54, 1.807) is 0 Å². The molecule has 0 spiro atoms. The minimum atomic E-state index is 0.198. The Morgan fingerprint density at radius 3 is 2.63 bits per heavy atom. The van der Waals surface area contributed by atoms with Crippen LogP contribution in [0.15, 0.2) is 35.3 Å². The van der Waals surface area contributed by atoms with E-state index in [2.05, 4.69) is 33.8 Å². The van der Waals surface area contributed by atoms with Crippen molar-refractivity contribution in [3.63, 3.8) is 0 Å². The molecule has 0 aromatic heterocycles. The number of hydrogen-bond donors (Lipinski definition) is 1. The van der Waals surface area contributed by atoms with Crippen molar-refractivity contribution in [1.29, 1.82) is 0 Å². The second kappa shape index (κ2) is 10.7. The number of para-hydroxylation sites is 1. The lowest BCUT2D eigenvalue weighted by Crippen LogP contribution is -2.56. The predicted octanol–water partition coefficient (Wildman–Crippen LogP) is 2.70. The molecule has 0 aliphatic carbocycles. The van der Waals surface area contributed by atoms with Crippen LogP contribution >= 0.6 is 11.8 Å². The van der Waals surface area contributed by atoms with Gasteiger partial charge in [0.2, 0.25) is 0 Å². The van der Waals surface area contributed by atoms with Gasteiger partial charge in [-0.1, -0.05) is 18.2 Å². The van der Waals surface area contributed by atoms with E-state index >= 15 is 0 Å². The number of likely N-dealkylation sites (tertiary alicyclic amines) is 1. The van der Waals surface area contributed by atoms with Crippen molar-refractivity contribution < 1.29 is 9.47 Å². The molecule has 6 nitrogen and oxygen atoms in total. The Labute approximate surface area is 185 Å². The summed E-state index contributed by atoms with van der Waals surface area (Å²) in [7, 11) is 0. The van der Waals surface area contributed by atoms with E-state index in [-0.39, 0.29) is 11.6 Å². The number of aliphatic imine (C=N–C) groups is 1. The summed E-state index contributed by atoms with van der Waals surface area (Å²) in [5.74, 6) is 4.47. The smallest absolute Gasteiger partial charge is 0.193 e. The van der Waals surface area contributed by atoms with Gasteiger partial charge in [-0.15, -0.1) is 0 Å². The maximum Gasteiger partial charge on any atom is 0.193 e. The summed E-state index contributed by atoms with van der Waals surface area (Å²) in [4.78, 5) is 10.2. The molecular formula is C23H36N4O2S. The summed E-state index contributed by atoms with van der Waals surface area (Å²) >= 11 is 2.07. The minimum absolute atomic E-state index is 0.198. The molecule has 3 aliphatic rings. The first-order chi connectivity index (χ1) is 14.8. The number of ether oxygens (including phenoxy) is 2. The van der Waals surface area contributed by atoms with Crippen LogP contribution in [0.2, 0.25) is 0 Å². The number of nitrogens with zero attached hydrogens (tertiary/aromatic N) is 3. The van der Waals surface area contributed by atoms with Gasteiger partial charge < -0.3 is 19.7 Å². The van der Waals surface area contributed by atoms with Crippen LogP contribution in [0.25, 0.3) is 0 Å². The van der Waals surface area contributed by atoms with Crippen LogP contribution in [0, 0.1) is 0 Å². The molecule has 3 saturated heterocycles. The fourth-order valence-electron chi connectivity index (χ4n) is 4.63. The minimum Gasteiger partial charge on any atom is -0.490 e. The van der Waals surface area contributed by atoms with Gasteiger partial charge in [0, 0.05) is 51.3 Å². The van der Waals surface area contributed by atoms with Gasteiger partial charge in [-0.2, -0.15) is 11.8 Å². The monoisotopic (exact) mass is 432 g/mol. The highest BCUT2D eigenvalue weighted by atomic mass is 32.2. The molecular weight excluding hydrogens is 396 g/mol. The van der Waals surface area contributed by atoms with Crippen molar-refractivity contribution in [3.8, 4) is 5.75 Å². The zero-order valence-electron chi connectivity index (χ0n) is 18.2. The highest BCUT2D eigenvalue weighted by Crippen LogP contribution is 2.34. The first kappa shape index (κ1) is 21.8. The van der Waals surface area contributed by atoms with Crippen molar-refractivity contribution in [2.45, 2.75) is 37.8 Å². The van der Waals surface area contributed by atoms with Crippen molar-refractivity contribution in [2.24, 2.45) is 4.99 Å². The second-order valence-corrected chi connectivity index (χ2v) is 9.52. The van der Waals surface area contributed by atoms with Crippen LogP contribution in [0.1, 0.15) is 26.2 Å². The number of guanidine groups is 1. The van der Waals surface area contributed by atoms with Crippen LogP contribution in [0.4, 0.5) is 0 Å². The normalized spacial score (nSPS) is 26.7. The zero-order chi connectivity index (χ0) is 20.7. The quantitative estimate of drug-likeness (QED) is 0.551. The number of benzene rings is 1. The fraction of sp³-hybridized carbons (Fsp3) is 0.696. The van der Waals surface area contributed by atoms with Crippen LogP contribution in [-0.2, 0) is 4.74 Å². The molecule has 0 saturated carbocycles. The molecule has 7 heteroatoms. The predicted molar refractivity (Wildman–Crippen MR) is 125 cm³/mol. The Bertz CT molecular complexity index is 667. The molecule has 1 atom stereocenters. The summed E-state index contributed by atoms with van der Waals surface area (Å²) in [5, 5.41) is 3.55. The van der Waals surface area contributed by atoms with E-state index in [1.165, 1.54) is 17.9 Å². The largest absolute Gasteiger partial charge is 0.490 e. The second-order valence-electron chi connectivity index (χ2n) is 8.41. The van der Waals surface area contributed by atoms with Crippen molar-refractivity contribution in [2.75, 3.05) is 64.0 Å².